The molecule has 1 heterocycles. The predicted octanol–water partition coefficient (Wildman–Crippen LogP) is 3.66. The summed E-state index contributed by atoms with van der Waals surface area (Å²) in [6.45, 7) is 2.49. The molecule has 2 aliphatic rings. The fraction of sp³-hybridized carbons (Fsp3) is 0.440. The molecule has 3 N–H and O–H groups in total. The number of thiocarbonyl (C=S) groups is 1. The molecule has 2 aromatic rings. The van der Waals surface area contributed by atoms with Gasteiger partial charge in [0.2, 0.25) is 0 Å². The van der Waals surface area contributed by atoms with E-state index in [0.717, 1.165) is 30.4 Å². The van der Waals surface area contributed by atoms with E-state index >= 15 is 4.39 Å². The number of halogens is 2. The first-order chi connectivity index (χ1) is 16.3. The number of para-hydroxylation sites is 1. The smallest absolute Gasteiger partial charge is 0.184 e. The maximum absolute atomic E-state index is 15.3. The molecule has 1 aliphatic carbocycles. The Bertz CT molecular complexity index is 1050. The van der Waals surface area contributed by atoms with E-state index in [4.69, 9.17) is 18.0 Å². The van der Waals surface area contributed by atoms with Crippen LogP contribution in [0, 0.1) is 11.6 Å². The quantitative estimate of drug-likeness (QED) is 0.369. The summed E-state index contributed by atoms with van der Waals surface area (Å²) in [7, 11) is 4.21. The zero-order valence-corrected chi connectivity index (χ0v) is 20.5. The number of hydrogen-bond acceptors (Lipinski definition) is 5. The zero-order valence-electron chi connectivity index (χ0n) is 19.7. The molecule has 1 unspecified atom stereocenters. The highest BCUT2D eigenvalue weighted by Gasteiger charge is 2.30. The second-order valence-corrected chi connectivity index (χ2v) is 9.66. The lowest BCUT2D eigenvalue weighted by atomic mass is 9.92. The van der Waals surface area contributed by atoms with Crippen molar-refractivity contribution >= 4 is 34.9 Å². The number of benzene rings is 2. The summed E-state index contributed by atoms with van der Waals surface area (Å²) in [5.74, 6) is -0.199. The lowest BCUT2D eigenvalue weighted by Crippen LogP contribution is -2.47. The van der Waals surface area contributed by atoms with Crippen LogP contribution in [-0.4, -0.2) is 62.5 Å². The molecule has 182 valence electrons. The molecule has 1 saturated carbocycles. The van der Waals surface area contributed by atoms with Crippen molar-refractivity contribution in [1.82, 2.24) is 10.3 Å². The average molecular weight is 487 g/mol. The van der Waals surface area contributed by atoms with Crippen molar-refractivity contribution in [2.45, 2.75) is 31.2 Å². The lowest BCUT2D eigenvalue weighted by molar-refractivity contribution is 0.296. The highest BCUT2D eigenvalue weighted by molar-refractivity contribution is 7.80. The first-order valence-corrected chi connectivity index (χ1v) is 12.1. The van der Waals surface area contributed by atoms with Crippen LogP contribution < -0.4 is 21.0 Å². The maximum Gasteiger partial charge on any atom is 0.184 e. The number of nitrogens with two attached hydrogens (primary N) is 1. The number of hydrazone groups is 1. The molecule has 0 bridgehead atoms. The van der Waals surface area contributed by atoms with Crippen molar-refractivity contribution in [3.05, 3.63) is 59.2 Å². The van der Waals surface area contributed by atoms with Crippen LogP contribution in [0.2, 0.25) is 0 Å². The summed E-state index contributed by atoms with van der Waals surface area (Å²) in [6.07, 6.45) is 4.76. The standard InChI is InChI=1S/C25H32F2N6S/c1-31(2)19-8-7-17(13-19)20-15-24(22(27)14-18(20)16-29-30-25(28)34)33-11-9-32(10-12-33)23-6-4-3-5-21(23)26/h3-6,14-17,19H,7-13H2,1-2H3,(H3,28,30,34)/b29-16+/t17?,19-/m1/s1. The Balaban J connectivity index is 1.57. The Morgan fingerprint density at radius 3 is 2.35 bits per heavy atom. The number of hydrogen-bond donors (Lipinski definition) is 2. The number of anilines is 2. The minimum atomic E-state index is -0.290. The second-order valence-electron chi connectivity index (χ2n) is 9.22. The van der Waals surface area contributed by atoms with Crippen LogP contribution >= 0.6 is 12.2 Å². The molecule has 2 atom stereocenters. The van der Waals surface area contributed by atoms with Crippen molar-refractivity contribution in [3.8, 4) is 0 Å². The van der Waals surface area contributed by atoms with Gasteiger partial charge in [0.25, 0.3) is 0 Å². The van der Waals surface area contributed by atoms with Crippen LogP contribution in [0.3, 0.4) is 0 Å². The van der Waals surface area contributed by atoms with Gasteiger partial charge in [-0.15, -0.1) is 0 Å². The zero-order chi connectivity index (χ0) is 24.2. The van der Waals surface area contributed by atoms with Crippen molar-refractivity contribution in [2.75, 3.05) is 50.1 Å². The van der Waals surface area contributed by atoms with E-state index in [0.29, 0.717) is 49.5 Å². The van der Waals surface area contributed by atoms with E-state index in [9.17, 15) is 4.39 Å². The van der Waals surface area contributed by atoms with Gasteiger partial charge in [-0.3, -0.25) is 5.43 Å². The van der Waals surface area contributed by atoms with Gasteiger partial charge in [0.1, 0.15) is 11.6 Å². The molecule has 6 nitrogen and oxygen atoms in total. The fourth-order valence-corrected chi connectivity index (χ4v) is 5.12. The van der Waals surface area contributed by atoms with E-state index in [1.165, 1.54) is 6.07 Å². The van der Waals surface area contributed by atoms with Crippen LogP contribution in [0.4, 0.5) is 20.2 Å². The van der Waals surface area contributed by atoms with Crippen LogP contribution in [0.25, 0.3) is 0 Å². The summed E-state index contributed by atoms with van der Waals surface area (Å²) in [5.41, 5.74) is 11.1. The largest absolute Gasteiger partial charge is 0.375 e. The molecule has 34 heavy (non-hydrogen) atoms. The van der Waals surface area contributed by atoms with Gasteiger partial charge in [-0.25, -0.2) is 8.78 Å². The van der Waals surface area contributed by atoms with E-state index in [-0.39, 0.29) is 16.7 Å². The average Bonchev–Trinajstić information content (AvgIpc) is 3.30. The predicted molar refractivity (Wildman–Crippen MR) is 139 cm³/mol. The molecule has 1 aliphatic heterocycles. The molecule has 0 radical (unpaired) electrons. The summed E-state index contributed by atoms with van der Waals surface area (Å²) in [5, 5.41) is 4.15. The molecule has 1 saturated heterocycles. The van der Waals surface area contributed by atoms with Gasteiger partial charge in [0, 0.05) is 37.8 Å². The van der Waals surface area contributed by atoms with Crippen molar-refractivity contribution < 1.29 is 8.78 Å². The minimum Gasteiger partial charge on any atom is -0.375 e. The SMILES string of the molecule is CN(C)[C@@H]1CCC(c2cc(N3CCN(c4ccccc4F)CC3)c(F)cc2/C=N/NC(N)=S)C1. The number of rotatable bonds is 6. The maximum atomic E-state index is 15.3. The lowest BCUT2D eigenvalue weighted by Gasteiger charge is -2.38. The molecule has 4 rings (SSSR count). The molecule has 2 fully saturated rings. The third-order valence-electron chi connectivity index (χ3n) is 6.92. The highest BCUT2D eigenvalue weighted by atomic mass is 32.1. The van der Waals surface area contributed by atoms with E-state index in [1.807, 2.05) is 17.0 Å². The highest BCUT2D eigenvalue weighted by Crippen LogP contribution is 2.40. The number of nitrogens with zero attached hydrogens (tertiary/aromatic N) is 4. The Hall–Kier alpha value is -2.78. The van der Waals surface area contributed by atoms with Crippen LogP contribution in [0.15, 0.2) is 41.5 Å². The van der Waals surface area contributed by atoms with Crippen LogP contribution in [0.1, 0.15) is 36.3 Å². The van der Waals surface area contributed by atoms with Crippen molar-refractivity contribution in [1.29, 1.82) is 0 Å². The summed E-state index contributed by atoms with van der Waals surface area (Å²) in [6, 6.07) is 10.8. The molecular formula is C25H32F2N6S. The van der Waals surface area contributed by atoms with Gasteiger partial charge in [0.05, 0.1) is 17.6 Å². The summed E-state index contributed by atoms with van der Waals surface area (Å²) < 4.78 is 29.5. The van der Waals surface area contributed by atoms with Crippen LogP contribution in [-0.2, 0) is 0 Å². The molecule has 0 aromatic heterocycles. The first-order valence-electron chi connectivity index (χ1n) is 11.7. The first kappa shape index (κ1) is 24.3. The Kier molecular flexibility index (Phi) is 7.63. The van der Waals surface area contributed by atoms with E-state index in [2.05, 4.69) is 34.4 Å². The molecule has 0 amide bonds. The normalized spacial score (nSPS) is 21.0. The molecule has 2 aromatic carbocycles. The van der Waals surface area contributed by atoms with Gasteiger partial charge in [-0.1, -0.05) is 12.1 Å². The van der Waals surface area contributed by atoms with Crippen molar-refractivity contribution in [2.24, 2.45) is 10.8 Å². The number of piperazine rings is 1. The minimum absolute atomic E-state index is 0.0659. The Morgan fingerprint density at radius 2 is 1.74 bits per heavy atom. The molecule has 9 heteroatoms. The van der Waals surface area contributed by atoms with Gasteiger partial charge < -0.3 is 20.4 Å². The van der Waals surface area contributed by atoms with Gasteiger partial charge in [-0.05, 0) is 81.3 Å². The monoisotopic (exact) mass is 486 g/mol. The van der Waals surface area contributed by atoms with E-state index < -0.39 is 0 Å². The van der Waals surface area contributed by atoms with Gasteiger partial charge in [-0.2, -0.15) is 5.10 Å². The summed E-state index contributed by atoms with van der Waals surface area (Å²) >= 11 is 4.82. The van der Waals surface area contributed by atoms with Crippen LogP contribution in [0.5, 0.6) is 0 Å². The third kappa shape index (κ3) is 5.47. The third-order valence-corrected chi connectivity index (χ3v) is 7.01. The van der Waals surface area contributed by atoms with E-state index in [1.54, 1.807) is 24.4 Å². The topological polar surface area (TPSA) is 60.1 Å². The second kappa shape index (κ2) is 10.7. The van der Waals surface area contributed by atoms with Gasteiger partial charge >= 0.3 is 0 Å². The Morgan fingerprint density at radius 1 is 1.06 bits per heavy atom. The fourth-order valence-electron chi connectivity index (χ4n) is 5.07. The molecule has 0 spiro atoms. The Labute approximate surface area is 205 Å². The van der Waals surface area contributed by atoms with Gasteiger partial charge in [0.15, 0.2) is 5.11 Å². The molecular weight excluding hydrogens is 454 g/mol. The van der Waals surface area contributed by atoms with Crippen molar-refractivity contribution in [3.63, 3.8) is 0 Å². The summed E-state index contributed by atoms with van der Waals surface area (Å²) in [4.78, 5) is 6.34. The number of nitrogens with one attached hydrogen (secondary N) is 1.